The average Bonchev–Trinajstić information content (AvgIpc) is 3.30. The first-order chi connectivity index (χ1) is 13.0. The Morgan fingerprint density at radius 3 is 2.56 bits per heavy atom. The van der Waals surface area contributed by atoms with E-state index in [1.165, 1.54) is 19.3 Å². The molecule has 146 valence electrons. The molecule has 5 heteroatoms. The van der Waals surface area contributed by atoms with Crippen molar-refractivity contribution in [3.8, 4) is 0 Å². The molecule has 4 rings (SSSR count). The lowest BCUT2D eigenvalue weighted by Crippen LogP contribution is -2.40. The van der Waals surface area contributed by atoms with Crippen LogP contribution in [0.3, 0.4) is 0 Å². The molecule has 1 aromatic rings. The van der Waals surface area contributed by atoms with Crippen LogP contribution in [-0.4, -0.2) is 40.8 Å². The number of nitrogens with zero attached hydrogens (tertiary/aromatic N) is 2. The van der Waals surface area contributed by atoms with Gasteiger partial charge in [-0.05, 0) is 63.0 Å². The van der Waals surface area contributed by atoms with Gasteiger partial charge in [-0.15, -0.1) is 0 Å². The van der Waals surface area contributed by atoms with Crippen LogP contribution in [-0.2, 0) is 4.79 Å². The SMILES string of the molecule is CCC(=O)N1CCC(c2nc(C)ccc2C(=O)NC2CC3CCC2C3)CC1. The Kier molecular flexibility index (Phi) is 5.20. The van der Waals surface area contributed by atoms with Gasteiger partial charge >= 0.3 is 0 Å². The number of aromatic nitrogens is 1. The van der Waals surface area contributed by atoms with Crippen molar-refractivity contribution >= 4 is 11.8 Å². The monoisotopic (exact) mass is 369 g/mol. The molecule has 1 aliphatic heterocycles. The van der Waals surface area contributed by atoms with E-state index in [1.54, 1.807) is 0 Å². The van der Waals surface area contributed by atoms with E-state index in [-0.39, 0.29) is 17.7 Å². The third-order valence-corrected chi connectivity index (χ3v) is 6.90. The molecule has 2 heterocycles. The van der Waals surface area contributed by atoms with Gasteiger partial charge in [-0.25, -0.2) is 0 Å². The van der Waals surface area contributed by atoms with Crippen LogP contribution in [0, 0.1) is 18.8 Å². The van der Waals surface area contributed by atoms with Gasteiger partial charge in [0.1, 0.15) is 0 Å². The molecule has 1 saturated heterocycles. The maximum absolute atomic E-state index is 13.1. The van der Waals surface area contributed by atoms with Gasteiger partial charge in [-0.3, -0.25) is 14.6 Å². The molecule has 5 nitrogen and oxygen atoms in total. The predicted octanol–water partition coefficient (Wildman–Crippen LogP) is 3.42. The fraction of sp³-hybridized carbons (Fsp3) is 0.682. The number of hydrogen-bond donors (Lipinski definition) is 1. The average molecular weight is 370 g/mol. The fourth-order valence-corrected chi connectivity index (χ4v) is 5.37. The van der Waals surface area contributed by atoms with Gasteiger partial charge in [0.2, 0.25) is 5.91 Å². The summed E-state index contributed by atoms with van der Waals surface area (Å²) >= 11 is 0. The van der Waals surface area contributed by atoms with E-state index in [9.17, 15) is 9.59 Å². The summed E-state index contributed by atoms with van der Waals surface area (Å²) in [5, 5.41) is 3.32. The molecule has 0 aromatic carbocycles. The van der Waals surface area contributed by atoms with Crippen molar-refractivity contribution in [2.75, 3.05) is 13.1 Å². The molecule has 27 heavy (non-hydrogen) atoms. The number of carbonyl (C=O) groups excluding carboxylic acids is 2. The lowest BCUT2D eigenvalue weighted by atomic mass is 9.89. The first kappa shape index (κ1) is 18.5. The van der Waals surface area contributed by atoms with E-state index in [0.29, 0.717) is 18.4 Å². The Morgan fingerprint density at radius 1 is 1.15 bits per heavy atom. The summed E-state index contributed by atoms with van der Waals surface area (Å²) < 4.78 is 0. The molecule has 0 spiro atoms. The number of aryl methyl sites for hydroxylation is 1. The van der Waals surface area contributed by atoms with E-state index in [1.807, 2.05) is 30.9 Å². The van der Waals surface area contributed by atoms with Gasteiger partial charge in [0, 0.05) is 37.2 Å². The van der Waals surface area contributed by atoms with E-state index in [0.717, 1.165) is 55.2 Å². The Labute approximate surface area is 161 Å². The Bertz CT molecular complexity index is 724. The highest BCUT2D eigenvalue weighted by atomic mass is 16.2. The largest absolute Gasteiger partial charge is 0.349 e. The number of pyridine rings is 1. The van der Waals surface area contributed by atoms with Gasteiger partial charge in [0.15, 0.2) is 0 Å². The van der Waals surface area contributed by atoms with Gasteiger partial charge in [0.25, 0.3) is 5.91 Å². The summed E-state index contributed by atoms with van der Waals surface area (Å²) in [5.41, 5.74) is 2.62. The highest BCUT2D eigenvalue weighted by Gasteiger charge is 2.40. The summed E-state index contributed by atoms with van der Waals surface area (Å²) in [4.78, 5) is 31.7. The Morgan fingerprint density at radius 2 is 1.93 bits per heavy atom. The summed E-state index contributed by atoms with van der Waals surface area (Å²) in [6.45, 7) is 5.42. The second-order valence-electron chi connectivity index (χ2n) is 8.65. The maximum atomic E-state index is 13.1. The summed E-state index contributed by atoms with van der Waals surface area (Å²) in [7, 11) is 0. The zero-order valence-corrected chi connectivity index (χ0v) is 16.5. The van der Waals surface area contributed by atoms with Crippen molar-refractivity contribution in [2.45, 2.75) is 70.8 Å². The van der Waals surface area contributed by atoms with Crippen LogP contribution in [0.1, 0.15) is 79.5 Å². The van der Waals surface area contributed by atoms with Crippen LogP contribution in [0.5, 0.6) is 0 Å². The van der Waals surface area contributed by atoms with Crippen LogP contribution in [0.2, 0.25) is 0 Å². The summed E-state index contributed by atoms with van der Waals surface area (Å²) in [5.74, 6) is 2.01. The zero-order chi connectivity index (χ0) is 19.0. The molecular weight excluding hydrogens is 338 g/mol. The smallest absolute Gasteiger partial charge is 0.253 e. The number of hydrogen-bond acceptors (Lipinski definition) is 3. The van der Waals surface area contributed by atoms with Gasteiger partial charge < -0.3 is 10.2 Å². The van der Waals surface area contributed by atoms with Crippen molar-refractivity contribution < 1.29 is 9.59 Å². The van der Waals surface area contributed by atoms with Crippen LogP contribution in [0.25, 0.3) is 0 Å². The van der Waals surface area contributed by atoms with E-state index >= 15 is 0 Å². The quantitative estimate of drug-likeness (QED) is 0.884. The highest BCUT2D eigenvalue weighted by Crippen LogP contribution is 2.44. The number of rotatable bonds is 4. The van der Waals surface area contributed by atoms with E-state index < -0.39 is 0 Å². The van der Waals surface area contributed by atoms with Gasteiger partial charge in [0.05, 0.1) is 11.3 Å². The Hall–Kier alpha value is -1.91. The lowest BCUT2D eigenvalue weighted by Gasteiger charge is -2.32. The molecular formula is C22H31N3O2. The topological polar surface area (TPSA) is 62.3 Å². The molecule has 2 amide bonds. The molecule has 2 saturated carbocycles. The van der Waals surface area contributed by atoms with Crippen LogP contribution >= 0.6 is 0 Å². The molecule has 1 N–H and O–H groups in total. The van der Waals surface area contributed by atoms with Crippen LogP contribution in [0.4, 0.5) is 0 Å². The van der Waals surface area contributed by atoms with E-state index in [4.69, 9.17) is 4.98 Å². The van der Waals surface area contributed by atoms with Crippen LogP contribution < -0.4 is 5.32 Å². The second-order valence-corrected chi connectivity index (χ2v) is 8.65. The number of amides is 2. The zero-order valence-electron chi connectivity index (χ0n) is 16.5. The number of fused-ring (bicyclic) bond motifs is 2. The van der Waals surface area contributed by atoms with Gasteiger partial charge in [-0.2, -0.15) is 0 Å². The summed E-state index contributed by atoms with van der Waals surface area (Å²) in [6.07, 6.45) is 7.36. The fourth-order valence-electron chi connectivity index (χ4n) is 5.37. The number of nitrogens with one attached hydrogen (secondary N) is 1. The Balaban J connectivity index is 1.47. The first-order valence-electron chi connectivity index (χ1n) is 10.6. The molecule has 3 unspecified atom stereocenters. The van der Waals surface area contributed by atoms with Crippen molar-refractivity contribution in [3.63, 3.8) is 0 Å². The standard InChI is InChI=1S/C22H31N3O2/c1-3-20(26)25-10-8-16(9-11-25)21-18(7-4-14(2)23-21)22(27)24-19-13-15-5-6-17(19)12-15/h4,7,15-17,19H,3,5-6,8-13H2,1-2H3,(H,24,27). The molecule has 2 aliphatic carbocycles. The lowest BCUT2D eigenvalue weighted by molar-refractivity contribution is -0.131. The third kappa shape index (κ3) is 3.74. The molecule has 2 bridgehead atoms. The number of likely N-dealkylation sites (tertiary alicyclic amines) is 1. The molecule has 0 radical (unpaired) electrons. The molecule has 3 atom stereocenters. The summed E-state index contributed by atoms with van der Waals surface area (Å²) in [6, 6.07) is 4.23. The molecule has 3 aliphatic rings. The molecule has 1 aromatic heterocycles. The minimum absolute atomic E-state index is 0.0436. The van der Waals surface area contributed by atoms with E-state index in [2.05, 4.69) is 5.32 Å². The maximum Gasteiger partial charge on any atom is 0.253 e. The predicted molar refractivity (Wildman–Crippen MR) is 105 cm³/mol. The van der Waals surface area contributed by atoms with Crippen molar-refractivity contribution in [1.29, 1.82) is 0 Å². The number of carbonyl (C=O) groups is 2. The van der Waals surface area contributed by atoms with Crippen molar-refractivity contribution in [1.82, 2.24) is 15.2 Å². The second kappa shape index (κ2) is 7.61. The van der Waals surface area contributed by atoms with Crippen molar-refractivity contribution in [2.24, 2.45) is 11.8 Å². The first-order valence-corrected chi connectivity index (χ1v) is 10.6. The van der Waals surface area contributed by atoms with Gasteiger partial charge in [-0.1, -0.05) is 13.3 Å². The number of piperidine rings is 1. The minimum atomic E-state index is 0.0436. The normalized spacial score (nSPS) is 27.8. The highest BCUT2D eigenvalue weighted by molar-refractivity contribution is 5.95. The van der Waals surface area contributed by atoms with Crippen LogP contribution in [0.15, 0.2) is 12.1 Å². The molecule has 3 fully saturated rings. The third-order valence-electron chi connectivity index (χ3n) is 6.90. The van der Waals surface area contributed by atoms with Crippen molar-refractivity contribution in [3.05, 3.63) is 29.1 Å². The minimum Gasteiger partial charge on any atom is -0.349 e.